The Kier molecular flexibility index (Phi) is 4.91. The monoisotopic (exact) mass is 405 g/mol. The highest BCUT2D eigenvalue weighted by molar-refractivity contribution is 5.82. The lowest BCUT2D eigenvalue weighted by Crippen LogP contribution is -2.61. The number of amides is 1. The number of benzene rings is 2. The second kappa shape index (κ2) is 7.86. The fourth-order valence-corrected chi connectivity index (χ4v) is 4.70. The molecule has 30 heavy (non-hydrogen) atoms. The molecule has 2 aliphatic rings. The summed E-state index contributed by atoms with van der Waals surface area (Å²) in [5.41, 5.74) is 2.97. The fourth-order valence-electron chi connectivity index (χ4n) is 4.70. The van der Waals surface area contributed by atoms with Gasteiger partial charge in [-0.3, -0.25) is 4.79 Å². The molecule has 154 valence electrons. The molecule has 3 heterocycles. The van der Waals surface area contributed by atoms with Crippen LogP contribution in [-0.2, 0) is 17.8 Å². The molecule has 2 atom stereocenters. The van der Waals surface area contributed by atoms with Crippen molar-refractivity contribution >= 4 is 17.3 Å². The highest BCUT2D eigenvalue weighted by atomic mass is 19.1. The Bertz CT molecular complexity index is 1040. The Morgan fingerprint density at radius 2 is 1.83 bits per heavy atom. The molecule has 0 unspecified atom stereocenters. The van der Waals surface area contributed by atoms with E-state index in [4.69, 9.17) is 4.42 Å². The molecule has 0 radical (unpaired) electrons. The van der Waals surface area contributed by atoms with Crippen LogP contribution < -0.4 is 15.1 Å². The zero-order valence-electron chi connectivity index (χ0n) is 16.6. The summed E-state index contributed by atoms with van der Waals surface area (Å²) in [5.74, 6) is 0.296. The third kappa shape index (κ3) is 3.43. The number of carbonyl (C=O) groups is 1. The molecule has 6 heteroatoms. The number of nitrogens with zero attached hydrogens (tertiary/aromatic N) is 2. The molecule has 3 aromatic rings. The number of piperazine rings is 1. The van der Waals surface area contributed by atoms with Gasteiger partial charge in [0, 0.05) is 25.3 Å². The lowest BCUT2D eigenvalue weighted by atomic mass is 9.83. The molecule has 2 aromatic carbocycles. The molecular formula is C24H24FN3O2. The van der Waals surface area contributed by atoms with Gasteiger partial charge in [-0.25, -0.2) is 4.39 Å². The second-order valence-electron chi connectivity index (χ2n) is 7.89. The molecule has 1 aromatic heterocycles. The Labute approximate surface area is 175 Å². The van der Waals surface area contributed by atoms with Gasteiger partial charge < -0.3 is 19.5 Å². The van der Waals surface area contributed by atoms with Crippen molar-refractivity contribution in [1.29, 1.82) is 0 Å². The zero-order valence-corrected chi connectivity index (χ0v) is 16.6. The number of rotatable bonds is 4. The van der Waals surface area contributed by atoms with E-state index in [1.807, 2.05) is 36.4 Å². The maximum absolute atomic E-state index is 14.4. The number of hydrogen-bond acceptors (Lipinski definition) is 4. The fraction of sp³-hybridized carbons (Fsp3) is 0.292. The average Bonchev–Trinajstić information content (AvgIpc) is 3.30. The van der Waals surface area contributed by atoms with Crippen LogP contribution in [0, 0.1) is 11.7 Å². The standard InChI is InChI=1S/C24H24FN3O2/c25-20-8-2-4-10-22(20)27-11-12-28-21-9-3-1-6-17(21)14-19(23(28)16-27)24(29)26-15-18-7-5-13-30-18/h1-10,13,19,23H,11-12,14-16H2,(H,26,29)/t19-,23-/m0/s1. The number of furan rings is 1. The van der Waals surface area contributed by atoms with Crippen molar-refractivity contribution in [2.45, 2.75) is 19.0 Å². The summed E-state index contributed by atoms with van der Waals surface area (Å²) in [6.07, 6.45) is 2.28. The molecule has 5 rings (SSSR count). The molecule has 1 amide bonds. The quantitative estimate of drug-likeness (QED) is 0.721. The number of para-hydroxylation sites is 2. The lowest BCUT2D eigenvalue weighted by Gasteiger charge is -2.49. The first kappa shape index (κ1) is 18.7. The molecule has 0 bridgehead atoms. The van der Waals surface area contributed by atoms with Crippen LogP contribution in [0.1, 0.15) is 11.3 Å². The minimum absolute atomic E-state index is 0.00582. The molecule has 1 saturated heterocycles. The summed E-state index contributed by atoms with van der Waals surface area (Å²) in [6.45, 7) is 2.44. The Morgan fingerprint density at radius 3 is 2.63 bits per heavy atom. The Morgan fingerprint density at radius 1 is 1.03 bits per heavy atom. The van der Waals surface area contributed by atoms with E-state index in [2.05, 4.69) is 27.2 Å². The summed E-state index contributed by atoms with van der Waals surface area (Å²) in [5, 5.41) is 3.03. The number of nitrogens with one attached hydrogen (secondary N) is 1. The summed E-state index contributed by atoms with van der Waals surface area (Å²) in [6, 6.07) is 18.8. The van der Waals surface area contributed by atoms with Gasteiger partial charge in [-0.05, 0) is 42.3 Å². The summed E-state index contributed by atoms with van der Waals surface area (Å²) < 4.78 is 19.8. The van der Waals surface area contributed by atoms with Crippen molar-refractivity contribution in [1.82, 2.24) is 5.32 Å². The van der Waals surface area contributed by atoms with Crippen LogP contribution in [0.5, 0.6) is 0 Å². The third-order valence-electron chi connectivity index (χ3n) is 6.17. The van der Waals surface area contributed by atoms with Crippen LogP contribution in [-0.4, -0.2) is 31.6 Å². The summed E-state index contributed by atoms with van der Waals surface area (Å²) in [7, 11) is 0. The van der Waals surface area contributed by atoms with Gasteiger partial charge in [-0.2, -0.15) is 0 Å². The maximum atomic E-state index is 14.4. The van der Waals surface area contributed by atoms with E-state index in [0.29, 0.717) is 31.7 Å². The van der Waals surface area contributed by atoms with E-state index in [-0.39, 0.29) is 23.7 Å². The van der Waals surface area contributed by atoms with E-state index in [0.717, 1.165) is 12.3 Å². The van der Waals surface area contributed by atoms with Crippen LogP contribution in [0.15, 0.2) is 71.3 Å². The van der Waals surface area contributed by atoms with Gasteiger partial charge in [0.25, 0.3) is 0 Å². The van der Waals surface area contributed by atoms with Gasteiger partial charge in [0.05, 0.1) is 30.5 Å². The minimum Gasteiger partial charge on any atom is -0.467 e. The van der Waals surface area contributed by atoms with E-state index in [1.165, 1.54) is 17.3 Å². The first-order valence-corrected chi connectivity index (χ1v) is 10.3. The first-order valence-electron chi connectivity index (χ1n) is 10.3. The average molecular weight is 405 g/mol. The molecule has 5 nitrogen and oxygen atoms in total. The van der Waals surface area contributed by atoms with Crippen LogP contribution in [0.3, 0.4) is 0 Å². The predicted molar refractivity (Wildman–Crippen MR) is 114 cm³/mol. The molecule has 0 aliphatic carbocycles. The van der Waals surface area contributed by atoms with Crippen molar-refractivity contribution in [2.75, 3.05) is 29.4 Å². The van der Waals surface area contributed by atoms with Crippen molar-refractivity contribution in [3.63, 3.8) is 0 Å². The number of halogens is 1. The van der Waals surface area contributed by atoms with Crippen molar-refractivity contribution in [3.05, 3.63) is 84.1 Å². The topological polar surface area (TPSA) is 48.7 Å². The van der Waals surface area contributed by atoms with Gasteiger partial charge in [0.2, 0.25) is 5.91 Å². The summed E-state index contributed by atoms with van der Waals surface area (Å²) in [4.78, 5) is 17.6. The smallest absolute Gasteiger partial charge is 0.225 e. The number of hydrogen-bond donors (Lipinski definition) is 1. The van der Waals surface area contributed by atoms with Gasteiger partial charge >= 0.3 is 0 Å². The van der Waals surface area contributed by atoms with Crippen LogP contribution in [0.25, 0.3) is 0 Å². The SMILES string of the molecule is O=C(NCc1ccco1)[C@H]1Cc2ccccc2N2CCN(c3ccccc3F)C[C@@H]12. The molecular weight excluding hydrogens is 381 g/mol. The minimum atomic E-state index is -0.221. The lowest BCUT2D eigenvalue weighted by molar-refractivity contribution is -0.126. The van der Waals surface area contributed by atoms with E-state index >= 15 is 0 Å². The molecule has 0 spiro atoms. The number of carbonyl (C=O) groups excluding carboxylic acids is 1. The number of anilines is 2. The highest BCUT2D eigenvalue weighted by Gasteiger charge is 2.41. The predicted octanol–water partition coefficient (Wildman–Crippen LogP) is 3.60. The van der Waals surface area contributed by atoms with E-state index in [1.54, 1.807) is 12.3 Å². The first-order chi connectivity index (χ1) is 14.7. The Balaban J connectivity index is 1.42. The molecule has 1 fully saturated rings. The molecule has 0 saturated carbocycles. The van der Waals surface area contributed by atoms with Crippen LogP contribution in [0.4, 0.5) is 15.8 Å². The number of fused-ring (bicyclic) bond motifs is 3. The van der Waals surface area contributed by atoms with Crippen molar-refractivity contribution in [3.8, 4) is 0 Å². The maximum Gasteiger partial charge on any atom is 0.225 e. The van der Waals surface area contributed by atoms with Crippen LogP contribution >= 0.6 is 0 Å². The van der Waals surface area contributed by atoms with Gasteiger partial charge in [0.1, 0.15) is 11.6 Å². The second-order valence-corrected chi connectivity index (χ2v) is 7.89. The van der Waals surface area contributed by atoms with Crippen LogP contribution in [0.2, 0.25) is 0 Å². The van der Waals surface area contributed by atoms with Crippen molar-refractivity contribution < 1.29 is 13.6 Å². The molecule has 1 N–H and O–H groups in total. The van der Waals surface area contributed by atoms with Gasteiger partial charge in [-0.15, -0.1) is 0 Å². The summed E-state index contributed by atoms with van der Waals surface area (Å²) >= 11 is 0. The van der Waals surface area contributed by atoms with Gasteiger partial charge in [-0.1, -0.05) is 30.3 Å². The third-order valence-corrected chi connectivity index (χ3v) is 6.17. The van der Waals surface area contributed by atoms with E-state index in [9.17, 15) is 9.18 Å². The molecule has 2 aliphatic heterocycles. The highest BCUT2D eigenvalue weighted by Crippen LogP contribution is 2.37. The van der Waals surface area contributed by atoms with Crippen molar-refractivity contribution in [2.24, 2.45) is 5.92 Å². The zero-order chi connectivity index (χ0) is 20.5. The largest absolute Gasteiger partial charge is 0.467 e. The normalized spacial score (nSPS) is 20.4. The van der Waals surface area contributed by atoms with Gasteiger partial charge in [0.15, 0.2) is 0 Å². The van der Waals surface area contributed by atoms with E-state index < -0.39 is 0 Å². The Hall–Kier alpha value is -3.28.